The maximum Gasteiger partial charge on any atom is 0.271 e. The van der Waals surface area contributed by atoms with E-state index in [9.17, 15) is 4.79 Å². The Morgan fingerprint density at radius 3 is 2.81 bits per heavy atom. The zero-order chi connectivity index (χ0) is 15.0. The minimum absolute atomic E-state index is 0.0465. The topological polar surface area (TPSA) is 73.4 Å². The number of aromatic nitrogens is 3. The first-order valence-corrected chi connectivity index (χ1v) is 6.89. The molecule has 7 heteroatoms. The van der Waals surface area contributed by atoms with Gasteiger partial charge in [0, 0.05) is 19.3 Å². The van der Waals surface area contributed by atoms with Crippen LogP contribution in [0.5, 0.6) is 0 Å². The van der Waals surface area contributed by atoms with Gasteiger partial charge in [-0.15, -0.1) is 0 Å². The van der Waals surface area contributed by atoms with E-state index in [-0.39, 0.29) is 11.9 Å². The third-order valence-corrected chi connectivity index (χ3v) is 3.81. The minimum Gasteiger partial charge on any atom is -0.377 e. The molecule has 3 rings (SSSR count). The number of carbonyl (C=O) groups excluding carboxylic acids is 1. The van der Waals surface area contributed by atoms with Crippen LogP contribution < -0.4 is 0 Å². The van der Waals surface area contributed by atoms with Crippen molar-refractivity contribution in [1.82, 2.24) is 19.6 Å². The molecule has 7 nitrogen and oxygen atoms in total. The standard InChI is InChI=1S/C14H18N4O3/c1-9-4-5-11(17(9)3)14(19)18-6-7-20-8-12(18)13-15-10(2)16-21-13/h4-5,12H,6-8H2,1-3H3/t12-/m1/s1. The molecular formula is C14H18N4O3. The Hall–Kier alpha value is -2.15. The van der Waals surface area contributed by atoms with Crippen molar-refractivity contribution in [2.75, 3.05) is 19.8 Å². The van der Waals surface area contributed by atoms with E-state index in [1.165, 1.54) is 0 Å². The van der Waals surface area contributed by atoms with Crippen molar-refractivity contribution in [2.24, 2.45) is 7.05 Å². The molecule has 2 aromatic rings. The summed E-state index contributed by atoms with van der Waals surface area (Å²) < 4.78 is 12.6. The van der Waals surface area contributed by atoms with Gasteiger partial charge in [0.1, 0.15) is 11.7 Å². The number of nitrogens with zero attached hydrogens (tertiary/aromatic N) is 4. The Morgan fingerprint density at radius 2 is 2.19 bits per heavy atom. The van der Waals surface area contributed by atoms with Crippen molar-refractivity contribution in [1.29, 1.82) is 0 Å². The van der Waals surface area contributed by atoms with Crippen LogP contribution in [0.3, 0.4) is 0 Å². The predicted molar refractivity (Wildman–Crippen MR) is 73.8 cm³/mol. The lowest BCUT2D eigenvalue weighted by molar-refractivity contribution is -0.0123. The van der Waals surface area contributed by atoms with Crippen LogP contribution in [0.4, 0.5) is 0 Å². The molecule has 1 aliphatic rings. The van der Waals surface area contributed by atoms with Crippen molar-refractivity contribution >= 4 is 5.91 Å². The van der Waals surface area contributed by atoms with Crippen molar-refractivity contribution in [3.8, 4) is 0 Å². The van der Waals surface area contributed by atoms with Crippen LogP contribution in [0.15, 0.2) is 16.7 Å². The smallest absolute Gasteiger partial charge is 0.271 e. The van der Waals surface area contributed by atoms with Crippen molar-refractivity contribution in [3.63, 3.8) is 0 Å². The van der Waals surface area contributed by atoms with E-state index in [0.29, 0.717) is 37.2 Å². The quantitative estimate of drug-likeness (QED) is 0.832. The number of morpholine rings is 1. The number of carbonyl (C=O) groups is 1. The number of hydrogen-bond acceptors (Lipinski definition) is 5. The summed E-state index contributed by atoms with van der Waals surface area (Å²) in [6.07, 6.45) is 0. The number of amides is 1. The number of rotatable bonds is 2. The van der Waals surface area contributed by atoms with Crippen LogP contribution in [-0.4, -0.2) is 45.3 Å². The van der Waals surface area contributed by atoms with E-state index in [1.54, 1.807) is 11.8 Å². The van der Waals surface area contributed by atoms with Crippen LogP contribution in [0.25, 0.3) is 0 Å². The zero-order valence-corrected chi connectivity index (χ0v) is 12.4. The van der Waals surface area contributed by atoms with Crippen LogP contribution in [0.1, 0.15) is 33.9 Å². The fraction of sp³-hybridized carbons (Fsp3) is 0.500. The molecule has 0 spiro atoms. The van der Waals surface area contributed by atoms with Crippen LogP contribution in [-0.2, 0) is 11.8 Å². The second-order valence-electron chi connectivity index (χ2n) is 5.19. The van der Waals surface area contributed by atoms with E-state index in [0.717, 1.165) is 5.69 Å². The van der Waals surface area contributed by atoms with Gasteiger partial charge in [0.25, 0.3) is 11.8 Å². The highest BCUT2D eigenvalue weighted by atomic mass is 16.5. The Morgan fingerprint density at radius 1 is 1.38 bits per heavy atom. The van der Waals surface area contributed by atoms with Gasteiger partial charge in [0.15, 0.2) is 5.82 Å². The summed E-state index contributed by atoms with van der Waals surface area (Å²) >= 11 is 0. The molecular weight excluding hydrogens is 272 g/mol. The summed E-state index contributed by atoms with van der Waals surface area (Å²) in [7, 11) is 1.88. The van der Waals surface area contributed by atoms with Crippen LogP contribution >= 0.6 is 0 Å². The van der Waals surface area contributed by atoms with Gasteiger partial charge in [-0.25, -0.2) is 0 Å². The third-order valence-electron chi connectivity index (χ3n) is 3.81. The van der Waals surface area contributed by atoms with E-state index in [2.05, 4.69) is 10.1 Å². The lowest BCUT2D eigenvalue weighted by Crippen LogP contribution is -2.44. The van der Waals surface area contributed by atoms with Gasteiger partial charge in [0.05, 0.1) is 13.2 Å². The first-order valence-electron chi connectivity index (χ1n) is 6.89. The minimum atomic E-state index is -0.331. The second-order valence-corrected chi connectivity index (χ2v) is 5.19. The van der Waals surface area contributed by atoms with E-state index >= 15 is 0 Å². The summed E-state index contributed by atoms with van der Waals surface area (Å²) in [4.78, 5) is 18.8. The van der Waals surface area contributed by atoms with Crippen molar-refractivity contribution < 1.29 is 14.1 Å². The molecule has 21 heavy (non-hydrogen) atoms. The molecule has 0 radical (unpaired) electrons. The molecule has 1 saturated heterocycles. The fourth-order valence-corrected chi connectivity index (χ4v) is 2.47. The molecule has 1 fully saturated rings. The Balaban J connectivity index is 1.91. The molecule has 1 atom stereocenters. The fourth-order valence-electron chi connectivity index (χ4n) is 2.47. The molecule has 0 N–H and O–H groups in total. The lowest BCUT2D eigenvalue weighted by atomic mass is 10.2. The van der Waals surface area contributed by atoms with Gasteiger partial charge in [-0.05, 0) is 26.0 Å². The Kier molecular flexibility index (Phi) is 3.50. The van der Waals surface area contributed by atoms with E-state index in [1.807, 2.05) is 30.7 Å². The first-order chi connectivity index (χ1) is 10.1. The average molecular weight is 290 g/mol. The zero-order valence-electron chi connectivity index (χ0n) is 12.4. The van der Waals surface area contributed by atoms with Crippen molar-refractivity contribution in [2.45, 2.75) is 19.9 Å². The van der Waals surface area contributed by atoms with Gasteiger partial charge in [-0.2, -0.15) is 4.98 Å². The summed E-state index contributed by atoms with van der Waals surface area (Å²) in [6, 6.07) is 3.44. The average Bonchev–Trinajstić information content (AvgIpc) is 3.06. The summed E-state index contributed by atoms with van der Waals surface area (Å²) in [5.41, 5.74) is 1.69. The van der Waals surface area contributed by atoms with Crippen LogP contribution in [0, 0.1) is 13.8 Å². The monoisotopic (exact) mass is 290 g/mol. The number of hydrogen-bond donors (Lipinski definition) is 0. The van der Waals surface area contributed by atoms with Crippen molar-refractivity contribution in [3.05, 3.63) is 35.2 Å². The molecule has 0 unspecified atom stereocenters. The maximum atomic E-state index is 12.8. The molecule has 0 aliphatic carbocycles. The highest BCUT2D eigenvalue weighted by Crippen LogP contribution is 2.25. The molecule has 1 amide bonds. The van der Waals surface area contributed by atoms with Gasteiger partial charge in [-0.3, -0.25) is 4.79 Å². The lowest BCUT2D eigenvalue weighted by Gasteiger charge is -2.33. The summed E-state index contributed by atoms with van der Waals surface area (Å²) in [5, 5.41) is 3.80. The first kappa shape index (κ1) is 13.8. The second kappa shape index (κ2) is 5.33. The predicted octanol–water partition coefficient (Wildman–Crippen LogP) is 1.24. The summed E-state index contributed by atoms with van der Waals surface area (Å²) in [6.45, 7) is 5.11. The summed E-state index contributed by atoms with van der Waals surface area (Å²) in [5.74, 6) is 0.930. The van der Waals surface area contributed by atoms with Gasteiger partial charge < -0.3 is 18.7 Å². The Labute approximate surface area is 122 Å². The van der Waals surface area contributed by atoms with Crippen LogP contribution in [0.2, 0.25) is 0 Å². The number of ether oxygens (including phenoxy) is 1. The molecule has 1 aliphatic heterocycles. The largest absolute Gasteiger partial charge is 0.377 e. The Bertz CT molecular complexity index is 661. The maximum absolute atomic E-state index is 12.8. The highest BCUT2D eigenvalue weighted by Gasteiger charge is 2.34. The molecule has 112 valence electrons. The third kappa shape index (κ3) is 2.44. The molecule has 0 bridgehead atoms. The van der Waals surface area contributed by atoms with Gasteiger partial charge in [-0.1, -0.05) is 5.16 Å². The van der Waals surface area contributed by atoms with Gasteiger partial charge in [0.2, 0.25) is 0 Å². The SMILES string of the molecule is Cc1noc([C@H]2COCCN2C(=O)c2ccc(C)n2C)n1. The molecule has 3 heterocycles. The van der Waals surface area contributed by atoms with E-state index < -0.39 is 0 Å². The van der Waals surface area contributed by atoms with Gasteiger partial charge >= 0.3 is 0 Å². The normalized spacial score (nSPS) is 19.0. The molecule has 2 aromatic heterocycles. The highest BCUT2D eigenvalue weighted by molar-refractivity contribution is 5.93. The number of aryl methyl sites for hydroxylation is 2. The molecule has 0 aromatic carbocycles. The molecule has 0 saturated carbocycles. The van der Waals surface area contributed by atoms with E-state index in [4.69, 9.17) is 9.26 Å².